The van der Waals surface area contributed by atoms with Crippen LogP contribution in [0.15, 0.2) is 6.08 Å². The van der Waals surface area contributed by atoms with Gasteiger partial charge in [-0.3, -0.25) is 0 Å². The largest absolute Gasteiger partial charge is 0.322 e. The van der Waals surface area contributed by atoms with Gasteiger partial charge in [-0.1, -0.05) is 26.5 Å². The van der Waals surface area contributed by atoms with E-state index >= 15 is 0 Å². The fourth-order valence-corrected chi connectivity index (χ4v) is 0.486. The van der Waals surface area contributed by atoms with Crippen LogP contribution >= 0.6 is 0 Å². The summed E-state index contributed by atoms with van der Waals surface area (Å²) in [6.45, 7) is 9.35. The van der Waals surface area contributed by atoms with Gasteiger partial charge in [-0.2, -0.15) is 0 Å². The molecule has 0 amide bonds. The van der Waals surface area contributed by atoms with E-state index in [1.165, 1.54) is 0 Å². The average Bonchev–Trinajstić information content (AvgIpc) is 1.87. The summed E-state index contributed by atoms with van der Waals surface area (Å²) in [7, 11) is 0. The summed E-state index contributed by atoms with van der Waals surface area (Å²) in [5, 5.41) is 0. The Kier molecular flexibility index (Phi) is 2.77. The summed E-state index contributed by atoms with van der Waals surface area (Å²) in [5.74, 6) is 0. The van der Waals surface area contributed by atoms with Crippen LogP contribution in [-0.2, 0) is 0 Å². The average molecular weight is 112 g/mol. The minimum absolute atomic E-state index is 0.222. The van der Waals surface area contributed by atoms with Crippen molar-refractivity contribution in [2.75, 3.05) is 0 Å². The van der Waals surface area contributed by atoms with Crippen LogP contribution < -0.4 is 5.73 Å². The molecule has 0 bridgehead atoms. The van der Waals surface area contributed by atoms with Gasteiger partial charge in [-0.25, -0.2) is 0 Å². The van der Waals surface area contributed by atoms with Gasteiger partial charge in [0.25, 0.3) is 0 Å². The SMILES string of the molecule is [CH]=CC(N)(CC)CC. The lowest BCUT2D eigenvalue weighted by atomic mass is 9.95. The molecule has 0 spiro atoms. The first kappa shape index (κ1) is 7.70. The lowest BCUT2D eigenvalue weighted by Crippen LogP contribution is -2.35. The van der Waals surface area contributed by atoms with Gasteiger partial charge in [0.05, 0.1) is 0 Å². The summed E-state index contributed by atoms with van der Waals surface area (Å²) in [6.07, 6.45) is 3.41. The van der Waals surface area contributed by atoms with E-state index in [0.717, 1.165) is 12.8 Å². The van der Waals surface area contributed by atoms with Crippen molar-refractivity contribution in [1.29, 1.82) is 0 Å². The third-order valence-corrected chi connectivity index (χ3v) is 1.65. The highest BCUT2D eigenvalue weighted by atomic mass is 14.7. The maximum atomic E-state index is 5.72. The molecule has 0 fully saturated rings. The molecule has 0 saturated carbocycles. The second kappa shape index (κ2) is 2.88. The zero-order chi connectivity index (χ0) is 6.62. The second-order valence-electron chi connectivity index (χ2n) is 2.11. The summed E-state index contributed by atoms with van der Waals surface area (Å²) >= 11 is 0. The molecule has 1 radical (unpaired) electrons. The van der Waals surface area contributed by atoms with E-state index in [-0.39, 0.29) is 5.54 Å². The van der Waals surface area contributed by atoms with Gasteiger partial charge in [0, 0.05) is 5.54 Å². The van der Waals surface area contributed by atoms with Crippen molar-refractivity contribution in [1.82, 2.24) is 0 Å². The van der Waals surface area contributed by atoms with Crippen LogP contribution in [0.1, 0.15) is 26.7 Å². The molecule has 8 heavy (non-hydrogen) atoms. The van der Waals surface area contributed by atoms with Crippen molar-refractivity contribution in [2.24, 2.45) is 5.73 Å². The second-order valence-corrected chi connectivity index (χ2v) is 2.11. The molecule has 0 aromatic rings. The Morgan fingerprint density at radius 3 is 1.88 bits per heavy atom. The third kappa shape index (κ3) is 1.66. The van der Waals surface area contributed by atoms with Crippen LogP contribution in [0.25, 0.3) is 0 Å². The Morgan fingerprint density at radius 1 is 1.50 bits per heavy atom. The van der Waals surface area contributed by atoms with Gasteiger partial charge in [0.1, 0.15) is 0 Å². The van der Waals surface area contributed by atoms with Crippen LogP contribution in [0.2, 0.25) is 0 Å². The van der Waals surface area contributed by atoms with Crippen molar-refractivity contribution < 1.29 is 0 Å². The van der Waals surface area contributed by atoms with E-state index in [1.54, 1.807) is 6.08 Å². The topological polar surface area (TPSA) is 26.0 Å². The molecule has 0 atom stereocenters. The molecule has 0 rings (SSSR count). The highest BCUT2D eigenvalue weighted by Gasteiger charge is 2.13. The van der Waals surface area contributed by atoms with Gasteiger partial charge >= 0.3 is 0 Å². The summed E-state index contributed by atoms with van der Waals surface area (Å²) in [5.41, 5.74) is 5.49. The Labute approximate surface area is 51.6 Å². The minimum Gasteiger partial charge on any atom is -0.322 e. The first-order valence-corrected chi connectivity index (χ1v) is 3.03. The molecule has 2 N–H and O–H groups in total. The van der Waals surface area contributed by atoms with E-state index in [2.05, 4.69) is 0 Å². The Morgan fingerprint density at radius 2 is 1.88 bits per heavy atom. The van der Waals surface area contributed by atoms with Gasteiger partial charge in [-0.05, 0) is 12.8 Å². The molecule has 0 heterocycles. The fourth-order valence-electron chi connectivity index (χ4n) is 0.486. The number of hydrogen-bond acceptors (Lipinski definition) is 1. The molecule has 1 nitrogen and oxygen atoms in total. The summed E-state index contributed by atoms with van der Waals surface area (Å²) in [4.78, 5) is 0. The highest BCUT2D eigenvalue weighted by Crippen LogP contribution is 2.10. The zero-order valence-corrected chi connectivity index (χ0v) is 5.65. The van der Waals surface area contributed by atoms with Crippen LogP contribution in [-0.4, -0.2) is 5.54 Å². The maximum Gasteiger partial charge on any atom is 0.0336 e. The maximum absolute atomic E-state index is 5.72. The van der Waals surface area contributed by atoms with Gasteiger partial charge in [0.2, 0.25) is 0 Å². The Hall–Kier alpha value is -0.300. The van der Waals surface area contributed by atoms with E-state index < -0.39 is 0 Å². The van der Waals surface area contributed by atoms with Crippen molar-refractivity contribution in [3.63, 3.8) is 0 Å². The Bertz CT molecular complexity index is 72.5. The van der Waals surface area contributed by atoms with E-state index in [1.807, 2.05) is 13.8 Å². The lowest BCUT2D eigenvalue weighted by molar-refractivity contribution is 0.493. The van der Waals surface area contributed by atoms with Crippen molar-refractivity contribution in [2.45, 2.75) is 32.2 Å². The minimum atomic E-state index is -0.222. The van der Waals surface area contributed by atoms with E-state index in [9.17, 15) is 0 Å². The van der Waals surface area contributed by atoms with E-state index in [0.29, 0.717) is 0 Å². The number of nitrogens with two attached hydrogens (primary N) is 1. The van der Waals surface area contributed by atoms with Gasteiger partial charge in [-0.15, -0.1) is 0 Å². The summed E-state index contributed by atoms with van der Waals surface area (Å²) in [6, 6.07) is 0. The predicted molar refractivity (Wildman–Crippen MR) is 36.4 cm³/mol. The third-order valence-electron chi connectivity index (χ3n) is 1.65. The van der Waals surface area contributed by atoms with Crippen LogP contribution in [0, 0.1) is 6.58 Å². The van der Waals surface area contributed by atoms with Crippen LogP contribution in [0.5, 0.6) is 0 Å². The molecule has 0 aliphatic rings. The molecule has 0 aromatic heterocycles. The molecule has 1 heteroatoms. The predicted octanol–water partition coefficient (Wildman–Crippen LogP) is 1.49. The Balaban J connectivity index is 3.76. The van der Waals surface area contributed by atoms with Crippen molar-refractivity contribution in [3.8, 4) is 0 Å². The van der Waals surface area contributed by atoms with Crippen molar-refractivity contribution >= 4 is 0 Å². The van der Waals surface area contributed by atoms with Crippen LogP contribution in [0.3, 0.4) is 0 Å². The first-order valence-electron chi connectivity index (χ1n) is 3.03. The lowest BCUT2D eigenvalue weighted by Gasteiger charge is -2.20. The smallest absolute Gasteiger partial charge is 0.0336 e. The molecule has 0 aromatic carbocycles. The standard InChI is InChI=1S/C7H14N/c1-4-7(8,5-2)6-3/h1,4H,5-6,8H2,2-3H3. The summed E-state index contributed by atoms with van der Waals surface area (Å²) < 4.78 is 0. The van der Waals surface area contributed by atoms with Gasteiger partial charge in [0.15, 0.2) is 0 Å². The number of rotatable bonds is 3. The highest BCUT2D eigenvalue weighted by molar-refractivity contribution is 4.96. The molecule has 0 unspecified atom stereocenters. The quantitative estimate of drug-likeness (QED) is 0.588. The molecular weight excluding hydrogens is 98.1 g/mol. The molecule has 0 aliphatic carbocycles. The van der Waals surface area contributed by atoms with Gasteiger partial charge < -0.3 is 5.73 Å². The molecule has 0 saturated heterocycles. The molecular formula is C7H14N. The van der Waals surface area contributed by atoms with E-state index in [4.69, 9.17) is 12.3 Å². The normalized spacial score (nSPS) is 11.4. The fraction of sp³-hybridized carbons (Fsp3) is 0.714. The van der Waals surface area contributed by atoms with Crippen LogP contribution in [0.4, 0.5) is 0 Å². The van der Waals surface area contributed by atoms with Crippen molar-refractivity contribution in [3.05, 3.63) is 12.7 Å². The molecule has 0 aliphatic heterocycles. The molecule has 47 valence electrons. The zero-order valence-electron chi connectivity index (χ0n) is 5.65. The monoisotopic (exact) mass is 112 g/mol. The number of hydrogen-bond donors (Lipinski definition) is 1. The first-order chi connectivity index (χ1) is 3.68.